The summed E-state index contributed by atoms with van der Waals surface area (Å²) in [5.41, 5.74) is 0. The lowest BCUT2D eigenvalue weighted by atomic mass is 10.0. The Hall–Kier alpha value is -1.85. The predicted octanol–water partition coefficient (Wildman–Crippen LogP) is 21.3. The molecule has 0 amide bonds. The van der Waals surface area contributed by atoms with E-state index in [-0.39, 0.29) is 31.1 Å². The molecule has 1 atom stereocenters. The van der Waals surface area contributed by atoms with Gasteiger partial charge in [-0.15, -0.1) is 0 Å². The summed E-state index contributed by atoms with van der Waals surface area (Å²) in [7, 11) is 0. The van der Waals surface area contributed by atoms with E-state index in [4.69, 9.17) is 14.2 Å². The Bertz CT molecular complexity index is 1090. The minimum absolute atomic E-state index is 0.0674. The number of hydrogen-bond donors (Lipinski definition) is 0. The first-order valence-electron chi connectivity index (χ1n) is 31.7. The van der Waals surface area contributed by atoms with Gasteiger partial charge in [-0.2, -0.15) is 0 Å². The Morgan fingerprint density at radius 1 is 0.271 bits per heavy atom. The lowest BCUT2D eigenvalue weighted by Gasteiger charge is -2.18. The van der Waals surface area contributed by atoms with Crippen LogP contribution in [0.5, 0.6) is 0 Å². The van der Waals surface area contributed by atoms with Crippen molar-refractivity contribution in [3.63, 3.8) is 0 Å². The van der Waals surface area contributed by atoms with Gasteiger partial charge in [0.2, 0.25) is 0 Å². The van der Waals surface area contributed by atoms with Gasteiger partial charge in [-0.25, -0.2) is 0 Å². The predicted molar refractivity (Wildman–Crippen MR) is 303 cm³/mol. The molecule has 0 aliphatic carbocycles. The number of unbranched alkanes of at least 4 members (excludes halogenated alkanes) is 46. The first-order chi connectivity index (χ1) is 34.5. The fourth-order valence-electron chi connectivity index (χ4n) is 9.74. The summed E-state index contributed by atoms with van der Waals surface area (Å²) in [5.74, 6) is -0.851. The number of hydrogen-bond acceptors (Lipinski definition) is 6. The van der Waals surface area contributed by atoms with E-state index in [1.54, 1.807) is 0 Å². The molecule has 0 aromatic heterocycles. The van der Waals surface area contributed by atoms with Gasteiger partial charge in [0.1, 0.15) is 13.2 Å². The van der Waals surface area contributed by atoms with Crippen LogP contribution >= 0.6 is 0 Å². The Morgan fingerprint density at radius 3 is 0.729 bits per heavy atom. The number of esters is 3. The van der Waals surface area contributed by atoms with E-state index >= 15 is 0 Å². The summed E-state index contributed by atoms with van der Waals surface area (Å²) in [6.45, 7) is 6.68. The Balaban J connectivity index is 4.12. The summed E-state index contributed by atoms with van der Waals surface area (Å²) in [4.78, 5) is 38.1. The molecule has 0 bridgehead atoms. The summed E-state index contributed by atoms with van der Waals surface area (Å²) in [6, 6.07) is 0. The molecule has 0 saturated carbocycles. The van der Waals surface area contributed by atoms with Gasteiger partial charge in [-0.3, -0.25) is 14.4 Å². The molecular formula is C64H122O6. The van der Waals surface area contributed by atoms with Gasteiger partial charge in [0.25, 0.3) is 0 Å². The number of carbonyl (C=O) groups is 3. The van der Waals surface area contributed by atoms with Crippen LogP contribution < -0.4 is 0 Å². The highest BCUT2D eigenvalue weighted by molar-refractivity contribution is 5.71. The average Bonchev–Trinajstić information content (AvgIpc) is 3.36. The summed E-state index contributed by atoms with van der Waals surface area (Å²) in [5, 5.41) is 0. The molecule has 1 unspecified atom stereocenters. The molecule has 0 spiro atoms. The number of allylic oxidation sites excluding steroid dienone is 2. The van der Waals surface area contributed by atoms with E-state index < -0.39 is 6.10 Å². The molecule has 414 valence electrons. The fourth-order valence-corrected chi connectivity index (χ4v) is 9.74. The zero-order chi connectivity index (χ0) is 50.7. The van der Waals surface area contributed by atoms with E-state index in [2.05, 4.69) is 32.9 Å². The van der Waals surface area contributed by atoms with Crippen LogP contribution in [0.2, 0.25) is 0 Å². The first-order valence-corrected chi connectivity index (χ1v) is 31.7. The first kappa shape index (κ1) is 68.2. The van der Waals surface area contributed by atoms with Crippen LogP contribution in [0.4, 0.5) is 0 Å². The molecular weight excluding hydrogens is 865 g/mol. The van der Waals surface area contributed by atoms with E-state index in [1.165, 1.54) is 257 Å². The second-order valence-corrected chi connectivity index (χ2v) is 21.7. The van der Waals surface area contributed by atoms with Crippen molar-refractivity contribution in [2.24, 2.45) is 0 Å². The second kappa shape index (κ2) is 59.7. The SMILES string of the molecule is CCCCCC/C=C\CCCCCCCC(=O)OC(COC(=O)CCCCCCCCCCCCCC)COC(=O)CCCCCCCCCCCCCCCCCCCCCCCCCCCCC. The van der Waals surface area contributed by atoms with E-state index in [9.17, 15) is 14.4 Å². The van der Waals surface area contributed by atoms with Crippen LogP contribution in [0, 0.1) is 0 Å². The van der Waals surface area contributed by atoms with Crippen LogP contribution in [0.15, 0.2) is 12.2 Å². The third-order valence-corrected chi connectivity index (χ3v) is 14.5. The van der Waals surface area contributed by atoms with Crippen molar-refractivity contribution in [3.8, 4) is 0 Å². The minimum Gasteiger partial charge on any atom is -0.462 e. The van der Waals surface area contributed by atoms with Crippen LogP contribution in [0.3, 0.4) is 0 Å². The van der Waals surface area contributed by atoms with Crippen LogP contribution in [0.1, 0.15) is 361 Å². The van der Waals surface area contributed by atoms with Crippen molar-refractivity contribution < 1.29 is 28.6 Å². The molecule has 0 rings (SSSR count). The van der Waals surface area contributed by atoms with Crippen molar-refractivity contribution >= 4 is 17.9 Å². The largest absolute Gasteiger partial charge is 0.462 e. The van der Waals surface area contributed by atoms with Crippen molar-refractivity contribution in [1.82, 2.24) is 0 Å². The van der Waals surface area contributed by atoms with Crippen LogP contribution in [0.25, 0.3) is 0 Å². The lowest BCUT2D eigenvalue weighted by Crippen LogP contribution is -2.30. The second-order valence-electron chi connectivity index (χ2n) is 21.7. The molecule has 0 aromatic rings. The molecule has 0 fully saturated rings. The third kappa shape index (κ3) is 57.1. The van der Waals surface area contributed by atoms with Gasteiger partial charge in [0.15, 0.2) is 6.10 Å². The number of ether oxygens (including phenoxy) is 3. The molecule has 6 heteroatoms. The van der Waals surface area contributed by atoms with E-state index in [1.807, 2.05) is 0 Å². The smallest absolute Gasteiger partial charge is 0.306 e. The van der Waals surface area contributed by atoms with Gasteiger partial charge in [0, 0.05) is 19.3 Å². The van der Waals surface area contributed by atoms with Gasteiger partial charge in [-0.1, -0.05) is 309 Å². The number of rotatable bonds is 59. The highest BCUT2D eigenvalue weighted by Crippen LogP contribution is 2.18. The molecule has 0 aliphatic heterocycles. The van der Waals surface area contributed by atoms with Gasteiger partial charge < -0.3 is 14.2 Å². The maximum Gasteiger partial charge on any atom is 0.306 e. The Labute approximate surface area is 437 Å². The monoisotopic (exact) mass is 987 g/mol. The molecule has 0 radical (unpaired) electrons. The molecule has 0 aromatic carbocycles. The van der Waals surface area contributed by atoms with Crippen molar-refractivity contribution in [2.45, 2.75) is 367 Å². The fraction of sp³-hybridized carbons (Fsp3) is 0.922. The van der Waals surface area contributed by atoms with E-state index in [0.29, 0.717) is 19.3 Å². The Kier molecular flexibility index (Phi) is 58.1. The van der Waals surface area contributed by atoms with Crippen LogP contribution in [-0.4, -0.2) is 37.2 Å². The average molecular weight is 988 g/mol. The third-order valence-electron chi connectivity index (χ3n) is 14.5. The normalized spacial score (nSPS) is 12.0. The topological polar surface area (TPSA) is 78.9 Å². The molecule has 0 heterocycles. The zero-order valence-corrected chi connectivity index (χ0v) is 47.6. The van der Waals surface area contributed by atoms with E-state index in [0.717, 1.165) is 64.2 Å². The maximum atomic E-state index is 12.8. The Morgan fingerprint density at radius 2 is 0.471 bits per heavy atom. The summed E-state index contributed by atoms with van der Waals surface area (Å²) >= 11 is 0. The maximum absolute atomic E-state index is 12.8. The highest BCUT2D eigenvalue weighted by Gasteiger charge is 2.19. The van der Waals surface area contributed by atoms with Crippen molar-refractivity contribution in [2.75, 3.05) is 13.2 Å². The highest BCUT2D eigenvalue weighted by atomic mass is 16.6. The molecule has 0 aliphatic rings. The minimum atomic E-state index is -0.769. The molecule has 0 N–H and O–H groups in total. The van der Waals surface area contributed by atoms with Crippen LogP contribution in [-0.2, 0) is 28.6 Å². The van der Waals surface area contributed by atoms with Crippen molar-refractivity contribution in [1.29, 1.82) is 0 Å². The quantitative estimate of drug-likeness (QED) is 0.0261. The molecule has 0 saturated heterocycles. The standard InChI is InChI=1S/C64H122O6/c1-4-7-10-13-16-19-22-25-26-27-28-29-30-31-32-33-34-35-36-37-38-40-42-45-48-51-54-57-63(66)69-60-61(59-68-62(65)56-53-50-47-44-41-24-21-18-15-12-9-6-3)70-64(67)58-55-52-49-46-43-39-23-20-17-14-11-8-5-2/h20,23,61H,4-19,21-22,24-60H2,1-3H3/b23-20-. The lowest BCUT2D eigenvalue weighted by molar-refractivity contribution is -0.167. The van der Waals surface area contributed by atoms with Gasteiger partial charge in [-0.05, 0) is 44.9 Å². The zero-order valence-electron chi connectivity index (χ0n) is 47.6. The van der Waals surface area contributed by atoms with Gasteiger partial charge >= 0.3 is 17.9 Å². The number of carbonyl (C=O) groups excluding carboxylic acids is 3. The summed E-state index contributed by atoms with van der Waals surface area (Å²) in [6.07, 6.45) is 69.5. The summed E-state index contributed by atoms with van der Waals surface area (Å²) < 4.78 is 16.9. The molecule has 6 nitrogen and oxygen atoms in total. The molecule has 70 heavy (non-hydrogen) atoms. The van der Waals surface area contributed by atoms with Crippen molar-refractivity contribution in [3.05, 3.63) is 12.2 Å². The van der Waals surface area contributed by atoms with Gasteiger partial charge in [0.05, 0.1) is 0 Å².